The van der Waals surface area contributed by atoms with Crippen molar-refractivity contribution in [2.45, 2.75) is 25.6 Å². The zero-order valence-corrected chi connectivity index (χ0v) is 15.6. The van der Waals surface area contributed by atoms with Gasteiger partial charge in [-0.2, -0.15) is 18.3 Å². The number of carbonyl (C=O) groups is 1. The highest BCUT2D eigenvalue weighted by molar-refractivity contribution is 7.91. The van der Waals surface area contributed by atoms with Crippen molar-refractivity contribution in [2.24, 2.45) is 5.92 Å². The van der Waals surface area contributed by atoms with Crippen molar-refractivity contribution in [3.63, 3.8) is 0 Å². The number of amides is 1. The minimum atomic E-state index is -4.65. The highest BCUT2D eigenvalue weighted by atomic mass is 32.2. The van der Waals surface area contributed by atoms with E-state index in [1.807, 2.05) is 0 Å². The Balaban J connectivity index is 1.75. The molecule has 1 aliphatic rings. The Morgan fingerprint density at radius 3 is 2.57 bits per heavy atom. The van der Waals surface area contributed by atoms with Crippen LogP contribution < -0.4 is 0 Å². The van der Waals surface area contributed by atoms with E-state index >= 15 is 0 Å². The van der Waals surface area contributed by atoms with Crippen LogP contribution in [0.3, 0.4) is 0 Å². The number of hydrogen-bond donors (Lipinski definition) is 1. The molecule has 3 rings (SSSR count). The number of aromatic amines is 1. The lowest BCUT2D eigenvalue weighted by molar-refractivity contribution is -0.141. The predicted molar refractivity (Wildman–Crippen MR) is 93.9 cm³/mol. The molecular weight excluding hydrogens is 397 g/mol. The van der Waals surface area contributed by atoms with Crippen molar-refractivity contribution in [1.29, 1.82) is 0 Å². The lowest BCUT2D eigenvalue weighted by Gasteiger charge is -2.23. The normalized spacial score (nSPS) is 18.9. The largest absolute Gasteiger partial charge is 0.435 e. The molecule has 7 nitrogen and oxygen atoms in total. The van der Waals surface area contributed by atoms with Crippen LogP contribution in [-0.4, -0.2) is 52.5 Å². The first-order valence-electron chi connectivity index (χ1n) is 8.65. The number of nitrogens with zero attached hydrogens (tertiary/aromatic N) is 3. The predicted octanol–water partition coefficient (Wildman–Crippen LogP) is 2.29. The molecule has 1 fully saturated rings. The van der Waals surface area contributed by atoms with Crippen LogP contribution in [0.1, 0.15) is 34.6 Å². The van der Waals surface area contributed by atoms with Gasteiger partial charge in [-0.15, -0.1) is 0 Å². The zero-order chi connectivity index (χ0) is 20.4. The number of carbonyl (C=O) groups excluding carboxylic acids is 1. The molecule has 11 heteroatoms. The van der Waals surface area contributed by atoms with Crippen molar-refractivity contribution in [1.82, 2.24) is 20.1 Å². The fourth-order valence-electron chi connectivity index (χ4n) is 3.15. The Kier molecular flexibility index (Phi) is 5.73. The molecule has 0 aromatic carbocycles. The molecule has 1 aliphatic heterocycles. The number of pyridine rings is 1. The maximum atomic E-state index is 12.8. The molecule has 0 bridgehead atoms. The standard InChI is InChI=1S/C17H19F3N4O3S/c18-17(19,20)15-9-14(22-23-15)16(25)24(10-12-1-5-21-6-2-12)7-3-13-4-8-28(26,27)11-13/h1-2,5-6,9,13H,3-4,7-8,10-11H2,(H,22,23). The highest BCUT2D eigenvalue weighted by Gasteiger charge is 2.35. The summed E-state index contributed by atoms with van der Waals surface area (Å²) in [6.07, 6.45) is -0.555. The highest BCUT2D eigenvalue weighted by Crippen LogP contribution is 2.28. The quantitative estimate of drug-likeness (QED) is 0.780. The lowest BCUT2D eigenvalue weighted by atomic mass is 10.0. The van der Waals surface area contributed by atoms with E-state index in [-0.39, 0.29) is 36.2 Å². The fraction of sp³-hybridized carbons (Fsp3) is 0.471. The van der Waals surface area contributed by atoms with Crippen molar-refractivity contribution >= 4 is 15.7 Å². The average molecular weight is 416 g/mol. The van der Waals surface area contributed by atoms with Gasteiger partial charge in [-0.3, -0.25) is 14.9 Å². The van der Waals surface area contributed by atoms with Crippen LogP contribution in [0.25, 0.3) is 0 Å². The molecular formula is C17H19F3N4O3S. The molecule has 0 saturated carbocycles. The Hall–Kier alpha value is -2.43. The fourth-order valence-corrected chi connectivity index (χ4v) is 5.06. The van der Waals surface area contributed by atoms with Gasteiger partial charge in [-0.1, -0.05) is 0 Å². The van der Waals surface area contributed by atoms with Crippen LogP contribution >= 0.6 is 0 Å². The van der Waals surface area contributed by atoms with Gasteiger partial charge in [0.05, 0.1) is 11.5 Å². The van der Waals surface area contributed by atoms with Gasteiger partial charge in [0.2, 0.25) is 0 Å². The van der Waals surface area contributed by atoms with Crippen LogP contribution in [-0.2, 0) is 22.6 Å². The van der Waals surface area contributed by atoms with Gasteiger partial charge in [0.25, 0.3) is 5.91 Å². The van der Waals surface area contributed by atoms with Gasteiger partial charge in [0.15, 0.2) is 15.5 Å². The molecule has 1 atom stereocenters. The number of H-pyrrole nitrogens is 1. The second-order valence-corrected chi connectivity index (χ2v) is 9.03. The third-order valence-corrected chi connectivity index (χ3v) is 6.48. The smallest absolute Gasteiger partial charge is 0.333 e. The lowest BCUT2D eigenvalue weighted by Crippen LogP contribution is -2.33. The van der Waals surface area contributed by atoms with Crippen molar-refractivity contribution in [3.05, 3.63) is 47.5 Å². The molecule has 28 heavy (non-hydrogen) atoms. The summed E-state index contributed by atoms with van der Waals surface area (Å²) < 4.78 is 61.5. The molecule has 0 spiro atoms. The Bertz CT molecular complexity index is 929. The summed E-state index contributed by atoms with van der Waals surface area (Å²) in [6, 6.07) is 4.09. The van der Waals surface area contributed by atoms with Gasteiger partial charge in [0.1, 0.15) is 5.69 Å². The van der Waals surface area contributed by atoms with E-state index in [0.29, 0.717) is 18.9 Å². The van der Waals surface area contributed by atoms with Gasteiger partial charge in [-0.25, -0.2) is 8.42 Å². The number of alkyl halides is 3. The Morgan fingerprint density at radius 1 is 1.29 bits per heavy atom. The third-order valence-electron chi connectivity index (χ3n) is 4.64. The summed E-state index contributed by atoms with van der Waals surface area (Å²) in [7, 11) is -3.04. The minimum Gasteiger partial charge on any atom is -0.333 e. The molecule has 152 valence electrons. The number of rotatable bonds is 6. The summed E-state index contributed by atoms with van der Waals surface area (Å²) in [4.78, 5) is 18.1. The average Bonchev–Trinajstić information content (AvgIpc) is 3.25. The van der Waals surface area contributed by atoms with E-state index in [9.17, 15) is 26.4 Å². The summed E-state index contributed by atoms with van der Waals surface area (Å²) in [5.41, 5.74) is -0.667. The first kappa shape index (κ1) is 20.3. The van der Waals surface area contributed by atoms with E-state index in [4.69, 9.17) is 0 Å². The molecule has 0 radical (unpaired) electrons. The maximum absolute atomic E-state index is 12.8. The van der Waals surface area contributed by atoms with E-state index in [1.54, 1.807) is 24.5 Å². The van der Waals surface area contributed by atoms with E-state index in [0.717, 1.165) is 5.56 Å². The summed E-state index contributed by atoms with van der Waals surface area (Å²) >= 11 is 0. The zero-order valence-electron chi connectivity index (χ0n) is 14.8. The summed E-state index contributed by atoms with van der Waals surface area (Å²) in [5, 5.41) is 5.32. The number of halogens is 3. The van der Waals surface area contributed by atoms with Gasteiger partial charge < -0.3 is 4.90 Å². The summed E-state index contributed by atoms with van der Waals surface area (Å²) in [6.45, 7) is 0.392. The van der Waals surface area contributed by atoms with Crippen molar-refractivity contribution < 1.29 is 26.4 Å². The third kappa shape index (κ3) is 5.09. The molecule has 2 aromatic heterocycles. The number of sulfone groups is 1. The molecule has 1 unspecified atom stereocenters. The molecule has 2 aromatic rings. The number of nitrogens with one attached hydrogen (secondary N) is 1. The first-order chi connectivity index (χ1) is 13.1. The van der Waals surface area contributed by atoms with E-state index in [1.165, 1.54) is 4.90 Å². The van der Waals surface area contributed by atoms with Crippen molar-refractivity contribution in [2.75, 3.05) is 18.1 Å². The number of aromatic nitrogens is 3. The molecule has 1 saturated heterocycles. The van der Waals surface area contributed by atoms with Crippen LogP contribution in [0.4, 0.5) is 13.2 Å². The second kappa shape index (κ2) is 7.90. The minimum absolute atomic E-state index is 0.0646. The molecule has 1 amide bonds. The van der Waals surface area contributed by atoms with Gasteiger partial charge in [0, 0.05) is 31.5 Å². The SMILES string of the molecule is O=C(c1cc(C(F)(F)F)n[nH]1)N(CCC1CCS(=O)(=O)C1)Cc1ccncc1. The topological polar surface area (TPSA) is 96.0 Å². The molecule has 3 heterocycles. The maximum Gasteiger partial charge on any atom is 0.435 e. The van der Waals surface area contributed by atoms with Crippen LogP contribution in [0.5, 0.6) is 0 Å². The van der Waals surface area contributed by atoms with Gasteiger partial charge >= 0.3 is 6.18 Å². The van der Waals surface area contributed by atoms with E-state index in [2.05, 4.69) is 15.2 Å². The van der Waals surface area contributed by atoms with E-state index < -0.39 is 27.6 Å². The monoisotopic (exact) mass is 416 g/mol. The Morgan fingerprint density at radius 2 is 2.00 bits per heavy atom. The molecule has 0 aliphatic carbocycles. The van der Waals surface area contributed by atoms with Crippen LogP contribution in [0.2, 0.25) is 0 Å². The first-order valence-corrected chi connectivity index (χ1v) is 10.5. The van der Waals surface area contributed by atoms with Crippen LogP contribution in [0, 0.1) is 5.92 Å². The molecule has 1 N–H and O–H groups in total. The van der Waals surface area contributed by atoms with Crippen LogP contribution in [0.15, 0.2) is 30.6 Å². The van der Waals surface area contributed by atoms with Crippen molar-refractivity contribution in [3.8, 4) is 0 Å². The van der Waals surface area contributed by atoms with Gasteiger partial charge in [-0.05, 0) is 36.5 Å². The summed E-state index contributed by atoms with van der Waals surface area (Å²) in [5.74, 6) is -0.483. The Labute approximate surface area is 159 Å². The number of hydrogen-bond acceptors (Lipinski definition) is 5. The second-order valence-electron chi connectivity index (χ2n) is 6.80.